The fourth-order valence-corrected chi connectivity index (χ4v) is 3.68. The zero-order valence-electron chi connectivity index (χ0n) is 15.6. The van der Waals surface area contributed by atoms with Gasteiger partial charge in [0.2, 0.25) is 0 Å². The summed E-state index contributed by atoms with van der Waals surface area (Å²) < 4.78 is 5.36. The summed E-state index contributed by atoms with van der Waals surface area (Å²) in [5.74, 6) is 2.13. The maximum absolute atomic E-state index is 5.36. The highest BCUT2D eigenvalue weighted by atomic mass is 16.5. The van der Waals surface area contributed by atoms with Crippen LogP contribution in [0.15, 0.2) is 73.1 Å². The number of hydrogen-bond donors (Lipinski definition) is 0. The number of aromatic nitrogens is 3. The molecule has 1 fully saturated rings. The molecule has 0 bridgehead atoms. The Balaban J connectivity index is 1.40. The molecule has 0 radical (unpaired) electrons. The Morgan fingerprint density at radius 1 is 0.929 bits per heavy atom. The Labute approximate surface area is 163 Å². The van der Waals surface area contributed by atoms with Crippen molar-refractivity contribution < 1.29 is 4.74 Å². The molecular formula is C23H20N4O. The van der Waals surface area contributed by atoms with Gasteiger partial charge in [-0.25, -0.2) is 4.98 Å². The van der Waals surface area contributed by atoms with E-state index in [1.165, 1.54) is 5.39 Å². The van der Waals surface area contributed by atoms with Crippen LogP contribution in [-0.2, 0) is 0 Å². The minimum absolute atomic E-state index is 0.407. The smallest absolute Gasteiger partial charge is 0.155 e. The minimum Gasteiger partial charge on any atom is -0.497 e. The van der Waals surface area contributed by atoms with Crippen LogP contribution in [0.1, 0.15) is 11.6 Å². The van der Waals surface area contributed by atoms with Gasteiger partial charge in [-0.3, -0.25) is 9.97 Å². The van der Waals surface area contributed by atoms with E-state index in [2.05, 4.69) is 39.1 Å². The van der Waals surface area contributed by atoms with Crippen molar-refractivity contribution >= 4 is 16.7 Å². The average Bonchev–Trinajstić information content (AvgIpc) is 2.73. The van der Waals surface area contributed by atoms with Crippen molar-refractivity contribution in [2.75, 3.05) is 25.1 Å². The van der Waals surface area contributed by atoms with E-state index in [1.54, 1.807) is 19.5 Å². The van der Waals surface area contributed by atoms with Crippen molar-refractivity contribution in [3.05, 3.63) is 78.8 Å². The molecule has 0 unspecified atom stereocenters. The van der Waals surface area contributed by atoms with Gasteiger partial charge < -0.3 is 9.64 Å². The molecule has 5 nitrogen and oxygen atoms in total. The van der Waals surface area contributed by atoms with Gasteiger partial charge in [-0.1, -0.05) is 36.4 Å². The lowest BCUT2D eigenvalue weighted by atomic mass is 9.94. The average molecular weight is 368 g/mol. The monoisotopic (exact) mass is 368 g/mol. The molecule has 5 heteroatoms. The molecule has 1 aliphatic heterocycles. The number of nitrogens with zero attached hydrogens (tertiary/aromatic N) is 4. The quantitative estimate of drug-likeness (QED) is 0.537. The maximum atomic E-state index is 5.36. The number of pyridine rings is 1. The molecule has 0 amide bonds. The van der Waals surface area contributed by atoms with E-state index in [0.29, 0.717) is 5.92 Å². The Morgan fingerprint density at radius 2 is 1.79 bits per heavy atom. The summed E-state index contributed by atoms with van der Waals surface area (Å²) in [6.07, 6.45) is 3.49. The summed E-state index contributed by atoms with van der Waals surface area (Å²) in [4.78, 5) is 16.3. The molecule has 3 heterocycles. The SMILES string of the molecule is COc1cccc(-c2nccnc2N2CC(c3ccc4ccccc4n3)C2)c1. The Bertz CT molecular complexity index is 1140. The van der Waals surface area contributed by atoms with E-state index in [9.17, 15) is 0 Å². The molecule has 0 aliphatic carbocycles. The van der Waals surface area contributed by atoms with Gasteiger partial charge in [0.15, 0.2) is 5.82 Å². The van der Waals surface area contributed by atoms with Gasteiger partial charge >= 0.3 is 0 Å². The van der Waals surface area contributed by atoms with Crippen molar-refractivity contribution in [1.82, 2.24) is 15.0 Å². The number of benzene rings is 2. The highest BCUT2D eigenvalue weighted by Gasteiger charge is 2.32. The summed E-state index contributed by atoms with van der Waals surface area (Å²) in [6, 6.07) is 20.5. The topological polar surface area (TPSA) is 51.1 Å². The lowest BCUT2D eigenvalue weighted by Crippen LogP contribution is -2.46. The Kier molecular flexibility index (Phi) is 4.13. The number of hydrogen-bond acceptors (Lipinski definition) is 5. The molecule has 1 aliphatic rings. The van der Waals surface area contributed by atoms with Crippen LogP contribution in [0.4, 0.5) is 5.82 Å². The summed E-state index contributed by atoms with van der Waals surface area (Å²) in [6.45, 7) is 1.78. The molecule has 28 heavy (non-hydrogen) atoms. The first kappa shape index (κ1) is 16.7. The minimum atomic E-state index is 0.407. The molecule has 5 rings (SSSR count). The number of methoxy groups -OCH3 is 1. The van der Waals surface area contributed by atoms with Crippen LogP contribution in [0, 0.1) is 0 Å². The van der Waals surface area contributed by atoms with Gasteiger partial charge in [0, 0.05) is 48.0 Å². The predicted octanol–water partition coefficient (Wildman–Crippen LogP) is 4.30. The number of para-hydroxylation sites is 1. The zero-order valence-corrected chi connectivity index (χ0v) is 15.6. The molecule has 1 saturated heterocycles. The number of ether oxygens (including phenoxy) is 1. The lowest BCUT2D eigenvalue weighted by Gasteiger charge is -2.40. The Hall–Kier alpha value is -3.47. The van der Waals surface area contributed by atoms with Gasteiger partial charge in [0.05, 0.1) is 12.6 Å². The van der Waals surface area contributed by atoms with Crippen molar-refractivity contribution in [3.8, 4) is 17.0 Å². The predicted molar refractivity (Wildman–Crippen MR) is 111 cm³/mol. The van der Waals surface area contributed by atoms with Crippen LogP contribution >= 0.6 is 0 Å². The highest BCUT2D eigenvalue weighted by molar-refractivity contribution is 5.78. The molecule has 2 aromatic carbocycles. The van der Waals surface area contributed by atoms with Crippen molar-refractivity contribution in [2.24, 2.45) is 0 Å². The third-order valence-electron chi connectivity index (χ3n) is 5.24. The summed E-state index contributed by atoms with van der Waals surface area (Å²) in [7, 11) is 1.67. The van der Waals surface area contributed by atoms with Gasteiger partial charge in [-0.15, -0.1) is 0 Å². The summed E-state index contributed by atoms with van der Waals surface area (Å²) >= 11 is 0. The third kappa shape index (κ3) is 2.95. The summed E-state index contributed by atoms with van der Waals surface area (Å²) in [5, 5.41) is 1.18. The van der Waals surface area contributed by atoms with E-state index in [-0.39, 0.29) is 0 Å². The molecule has 0 saturated carbocycles. The van der Waals surface area contributed by atoms with Gasteiger partial charge in [0.25, 0.3) is 0 Å². The van der Waals surface area contributed by atoms with Crippen LogP contribution in [0.3, 0.4) is 0 Å². The fraction of sp³-hybridized carbons (Fsp3) is 0.174. The highest BCUT2D eigenvalue weighted by Crippen LogP contribution is 2.35. The molecule has 4 aromatic rings. The van der Waals surface area contributed by atoms with Crippen molar-refractivity contribution in [1.29, 1.82) is 0 Å². The summed E-state index contributed by atoms with van der Waals surface area (Å²) in [5.41, 5.74) is 4.08. The van der Waals surface area contributed by atoms with Crippen molar-refractivity contribution in [2.45, 2.75) is 5.92 Å². The van der Waals surface area contributed by atoms with Crippen molar-refractivity contribution in [3.63, 3.8) is 0 Å². The fourth-order valence-electron chi connectivity index (χ4n) is 3.68. The molecular weight excluding hydrogens is 348 g/mol. The van der Waals surface area contributed by atoms with E-state index in [1.807, 2.05) is 36.4 Å². The van der Waals surface area contributed by atoms with Crippen LogP contribution in [0.5, 0.6) is 5.75 Å². The second kappa shape index (κ2) is 6.93. The lowest BCUT2D eigenvalue weighted by molar-refractivity contribution is 0.415. The normalized spacial score (nSPS) is 14.1. The second-order valence-corrected chi connectivity index (χ2v) is 6.99. The second-order valence-electron chi connectivity index (χ2n) is 6.99. The third-order valence-corrected chi connectivity index (χ3v) is 5.24. The number of rotatable bonds is 4. The van der Waals surface area contributed by atoms with Crippen LogP contribution < -0.4 is 9.64 Å². The van der Waals surface area contributed by atoms with E-state index in [4.69, 9.17) is 9.72 Å². The maximum Gasteiger partial charge on any atom is 0.155 e. The van der Waals surface area contributed by atoms with Crippen LogP contribution in [0.25, 0.3) is 22.2 Å². The molecule has 2 aromatic heterocycles. The first-order chi connectivity index (χ1) is 13.8. The number of fused-ring (bicyclic) bond motifs is 1. The Morgan fingerprint density at radius 3 is 2.68 bits per heavy atom. The van der Waals surface area contributed by atoms with Gasteiger partial charge in [-0.2, -0.15) is 0 Å². The largest absolute Gasteiger partial charge is 0.497 e. The van der Waals surface area contributed by atoms with Crippen LogP contribution in [0.2, 0.25) is 0 Å². The van der Waals surface area contributed by atoms with E-state index in [0.717, 1.165) is 47.1 Å². The molecule has 138 valence electrons. The first-order valence-electron chi connectivity index (χ1n) is 9.38. The van der Waals surface area contributed by atoms with E-state index < -0.39 is 0 Å². The van der Waals surface area contributed by atoms with E-state index >= 15 is 0 Å². The first-order valence-corrected chi connectivity index (χ1v) is 9.38. The van der Waals surface area contributed by atoms with Crippen LogP contribution in [-0.4, -0.2) is 35.2 Å². The molecule has 0 spiro atoms. The molecule has 0 N–H and O–H groups in total. The zero-order chi connectivity index (χ0) is 18.9. The standard InChI is InChI=1S/C23H20N4O/c1-28-19-7-4-6-17(13-19)22-23(25-12-11-24-22)27-14-18(15-27)21-10-9-16-5-2-3-8-20(16)26-21/h2-13,18H,14-15H2,1H3. The number of anilines is 1. The van der Waals surface area contributed by atoms with Gasteiger partial charge in [-0.05, 0) is 24.3 Å². The van der Waals surface area contributed by atoms with Gasteiger partial charge in [0.1, 0.15) is 11.4 Å². The molecule has 0 atom stereocenters.